The molecule has 0 aromatic carbocycles. The van der Waals surface area contributed by atoms with Crippen LogP contribution in [0.5, 0.6) is 0 Å². The Morgan fingerprint density at radius 2 is 0.675 bits per heavy atom. The second-order valence-corrected chi connectivity index (χ2v) is 7.17. The third-order valence-electron chi connectivity index (χ3n) is 2.97. The second kappa shape index (κ2) is 24.8. The van der Waals surface area contributed by atoms with Gasteiger partial charge in [-0.2, -0.15) is 0 Å². The number of pyridine rings is 2. The molecule has 2 aromatic rings. The monoisotopic (exact) mass is 639 g/mol. The van der Waals surface area contributed by atoms with Crippen LogP contribution in [0.15, 0.2) is 36.4 Å². The number of carbonyl (C=O) groups is 7. The number of hydrogen-bond acceptors (Lipinski definition) is 13. The molecule has 0 saturated heterocycles. The van der Waals surface area contributed by atoms with Gasteiger partial charge in [-0.1, -0.05) is 12.1 Å². The molecule has 40 heavy (non-hydrogen) atoms. The van der Waals surface area contributed by atoms with Crippen LogP contribution >= 0.6 is 0 Å². The Labute approximate surface area is 249 Å². The van der Waals surface area contributed by atoms with Gasteiger partial charge in [-0.3, -0.25) is 14.4 Å². The van der Waals surface area contributed by atoms with Crippen molar-refractivity contribution in [2.24, 2.45) is 0 Å². The number of nitrogens with zero attached hydrogens (tertiary/aromatic N) is 5. The smallest absolute Gasteiger partial charge is 0.543 e. The molecule has 2 rings (SSSR count). The van der Waals surface area contributed by atoms with Crippen molar-refractivity contribution in [1.82, 2.24) is 24.7 Å². The van der Waals surface area contributed by atoms with E-state index in [1.807, 2.05) is 0 Å². The number of aromatic nitrogens is 2. The van der Waals surface area contributed by atoms with Crippen molar-refractivity contribution in [2.45, 2.75) is 0 Å². The Balaban J connectivity index is -0.000000216. The van der Waals surface area contributed by atoms with E-state index in [0.29, 0.717) is 0 Å². The summed E-state index contributed by atoms with van der Waals surface area (Å²) in [6.45, 7) is 0. The fourth-order valence-electron chi connectivity index (χ4n) is 1.32. The van der Waals surface area contributed by atoms with Crippen LogP contribution in [-0.4, -0.2) is 110 Å². The summed E-state index contributed by atoms with van der Waals surface area (Å²) >= 11 is 0. The van der Waals surface area contributed by atoms with Crippen molar-refractivity contribution in [2.75, 3.05) is 42.3 Å². The summed E-state index contributed by atoms with van der Waals surface area (Å²) in [6.07, 6.45) is 2.25. The summed E-state index contributed by atoms with van der Waals surface area (Å²) in [6, 6.07) is 7.07. The van der Waals surface area contributed by atoms with Crippen molar-refractivity contribution in [3.63, 3.8) is 0 Å². The molecule has 0 unspecified atom stereocenters. The van der Waals surface area contributed by atoms with E-state index >= 15 is 0 Å². The molecule has 2 aromatic heterocycles. The quantitative estimate of drug-likeness (QED) is 0.257. The van der Waals surface area contributed by atoms with Gasteiger partial charge in [-0.05, 0) is 24.3 Å². The molecule has 0 spiro atoms. The minimum Gasteiger partial charge on any atom is -0.543 e. The number of carboxylic acids is 4. The summed E-state index contributed by atoms with van der Waals surface area (Å²) in [5, 5.41) is 40.8. The predicted octanol–water partition coefficient (Wildman–Crippen LogP) is -5.27. The first-order chi connectivity index (χ1) is 18.0. The Morgan fingerprint density at radius 1 is 0.525 bits per heavy atom. The molecule has 0 saturated carbocycles. The van der Waals surface area contributed by atoms with E-state index in [9.17, 15) is 54.0 Å². The molecule has 0 fully saturated rings. The van der Waals surface area contributed by atoms with Gasteiger partial charge in [0.2, 0.25) is 19.2 Å². The largest absolute Gasteiger partial charge is 4.00 e. The van der Waals surface area contributed by atoms with Gasteiger partial charge in [0, 0.05) is 42.3 Å². The third-order valence-corrected chi connectivity index (χ3v) is 2.97. The van der Waals surface area contributed by atoms with Gasteiger partial charge < -0.3 is 54.3 Å². The van der Waals surface area contributed by atoms with Gasteiger partial charge in [0.05, 0.1) is 46.7 Å². The van der Waals surface area contributed by atoms with Crippen molar-refractivity contribution in [1.29, 1.82) is 0 Å². The number of amides is 3. The maximum absolute atomic E-state index is 10.2. The maximum atomic E-state index is 10.2. The molecule has 2 heterocycles. The predicted molar refractivity (Wildman–Crippen MR) is 125 cm³/mol. The Kier molecular flexibility index (Phi) is 26.4. The Morgan fingerprint density at radius 3 is 0.775 bits per heavy atom. The zero-order valence-electron chi connectivity index (χ0n) is 22.4. The average molecular weight is 641 g/mol. The number of hydrogen-bond donors (Lipinski definition) is 0. The summed E-state index contributed by atoms with van der Waals surface area (Å²) in [5.41, 5.74) is -1.68. The molecule has 17 heteroatoms. The zero-order valence-corrected chi connectivity index (χ0v) is 24.9. The summed E-state index contributed by atoms with van der Waals surface area (Å²) in [7, 11) is 10.1. The van der Waals surface area contributed by atoms with E-state index in [-0.39, 0.29) is 26.2 Å². The van der Waals surface area contributed by atoms with E-state index < -0.39 is 46.7 Å². The van der Waals surface area contributed by atoms with Crippen LogP contribution < -0.4 is 20.4 Å². The molecule has 0 aliphatic rings. The number of carbonyl (C=O) groups excluding carboxylic acids is 7. The van der Waals surface area contributed by atoms with Gasteiger partial charge in [-0.25, -0.2) is 9.97 Å². The molecular formula is C23H27N5O11Zr. The van der Waals surface area contributed by atoms with Gasteiger partial charge in [0.25, 0.3) is 0 Å². The zero-order chi connectivity index (χ0) is 31.1. The van der Waals surface area contributed by atoms with Gasteiger partial charge >= 0.3 is 26.2 Å². The fraction of sp³-hybridized carbons (Fsp3) is 0.261. The van der Waals surface area contributed by atoms with E-state index in [1.54, 1.807) is 42.3 Å². The van der Waals surface area contributed by atoms with Crippen molar-refractivity contribution >= 4 is 43.1 Å². The first-order valence-corrected chi connectivity index (χ1v) is 10.2. The molecular weight excluding hydrogens is 614 g/mol. The molecule has 0 aliphatic carbocycles. The van der Waals surface area contributed by atoms with E-state index in [0.717, 1.165) is 43.5 Å². The van der Waals surface area contributed by atoms with E-state index in [4.69, 9.17) is 0 Å². The molecule has 0 N–H and O–H groups in total. The summed E-state index contributed by atoms with van der Waals surface area (Å²) in [4.78, 5) is 79.9. The topological polar surface area (TPSA) is 247 Å². The second-order valence-electron chi connectivity index (χ2n) is 7.17. The van der Waals surface area contributed by atoms with Crippen LogP contribution in [0.4, 0.5) is 0 Å². The standard InChI is InChI=1S/2C7H5NO4.3C3H7NO.Zr/c2*9-6(10)4-2-1-3-5(8-4)7(11)12;3*1-4(2)3-5;/h2*1-3H,(H,9,10)(H,11,12);3*3H,1-2H3;/q;;;;;+4/p-4. The maximum Gasteiger partial charge on any atom is 4.00 e. The fourth-order valence-corrected chi connectivity index (χ4v) is 1.32. The first kappa shape index (κ1) is 42.6. The minimum atomic E-state index is -1.52. The first-order valence-electron chi connectivity index (χ1n) is 10.2. The van der Waals surface area contributed by atoms with Crippen LogP contribution in [0.2, 0.25) is 0 Å². The SMILES string of the molecule is CN(C)C=O.CN(C)C=O.CN(C)C=O.O=C([O-])c1cccc(C(=O)[O-])n1.O=C([O-])c1cccc(C(=O)[O-])n1.[Zr+4]. The van der Waals surface area contributed by atoms with Crippen molar-refractivity contribution in [3.8, 4) is 0 Å². The molecule has 0 radical (unpaired) electrons. The molecule has 214 valence electrons. The summed E-state index contributed by atoms with van der Waals surface area (Å²) < 4.78 is 0. The van der Waals surface area contributed by atoms with Gasteiger partial charge in [-0.15, -0.1) is 0 Å². The molecule has 0 aliphatic heterocycles. The van der Waals surface area contributed by atoms with Crippen molar-refractivity contribution in [3.05, 3.63) is 59.2 Å². The summed E-state index contributed by atoms with van der Waals surface area (Å²) in [5.74, 6) is -6.06. The molecule has 16 nitrogen and oxygen atoms in total. The number of rotatable bonds is 7. The minimum absolute atomic E-state index is 0. The Hall–Kier alpha value is -4.53. The average Bonchev–Trinajstić information content (AvgIpc) is 2.90. The Bertz CT molecular complexity index is 942. The van der Waals surface area contributed by atoms with E-state index in [1.165, 1.54) is 26.8 Å². The van der Waals surface area contributed by atoms with Gasteiger partial charge in [0.1, 0.15) is 0 Å². The van der Waals surface area contributed by atoms with Crippen LogP contribution in [0.25, 0.3) is 0 Å². The van der Waals surface area contributed by atoms with Crippen LogP contribution in [0.3, 0.4) is 0 Å². The van der Waals surface area contributed by atoms with Crippen LogP contribution in [0, 0.1) is 0 Å². The number of aromatic carboxylic acids is 4. The van der Waals surface area contributed by atoms with Crippen molar-refractivity contribution < 1.29 is 80.2 Å². The number of carboxylic acid groups (broad SMARTS) is 4. The molecule has 3 amide bonds. The van der Waals surface area contributed by atoms with Crippen LogP contribution in [-0.2, 0) is 40.6 Å². The molecule has 0 bridgehead atoms. The van der Waals surface area contributed by atoms with Crippen LogP contribution in [0.1, 0.15) is 42.0 Å². The molecule has 0 atom stereocenters. The van der Waals surface area contributed by atoms with Gasteiger partial charge in [0.15, 0.2) is 0 Å². The third kappa shape index (κ3) is 25.1. The van der Waals surface area contributed by atoms with E-state index in [2.05, 4.69) is 9.97 Å². The normalized spacial score (nSPS) is 8.15.